The molecule has 0 radical (unpaired) electrons. The minimum absolute atomic E-state index is 0.0110. The summed E-state index contributed by atoms with van der Waals surface area (Å²) in [5.41, 5.74) is 2.33. The Bertz CT molecular complexity index is 437. The highest BCUT2D eigenvalue weighted by atomic mass is 35.7. The normalized spacial score (nSPS) is 13.6. The summed E-state index contributed by atoms with van der Waals surface area (Å²) in [7, 11) is 1.83. The molecule has 0 aliphatic heterocycles. The summed E-state index contributed by atoms with van der Waals surface area (Å²) in [6.07, 6.45) is 3.45. The van der Waals surface area contributed by atoms with Gasteiger partial charge in [0.2, 0.25) is 9.05 Å². The molecule has 0 N–H and O–H groups in total. The summed E-state index contributed by atoms with van der Waals surface area (Å²) in [6, 6.07) is 8.14. The van der Waals surface area contributed by atoms with Crippen LogP contribution in [0.15, 0.2) is 24.3 Å². The van der Waals surface area contributed by atoms with Crippen LogP contribution in [0.25, 0.3) is 0 Å². The minimum Gasteiger partial charge on any atom is -0.212 e. The first kappa shape index (κ1) is 14.5. The molecule has 17 heavy (non-hydrogen) atoms. The Balaban J connectivity index is 2.67. The van der Waals surface area contributed by atoms with Gasteiger partial charge in [0.05, 0.1) is 5.75 Å². The number of rotatable bonds is 6. The van der Waals surface area contributed by atoms with E-state index in [1.165, 1.54) is 18.4 Å². The van der Waals surface area contributed by atoms with Crippen LogP contribution in [-0.2, 0) is 15.5 Å². The zero-order valence-corrected chi connectivity index (χ0v) is 11.9. The number of hydrogen-bond acceptors (Lipinski definition) is 2. The Kier molecular flexibility index (Phi) is 5.47. The third-order valence-corrected chi connectivity index (χ3v) is 4.09. The van der Waals surface area contributed by atoms with Crippen molar-refractivity contribution in [2.45, 2.75) is 39.0 Å². The molecule has 0 aromatic heterocycles. The molecule has 0 aliphatic carbocycles. The SMILES string of the molecule is CCCCc1ccc(C(C)CS(=O)(=O)Cl)cc1. The van der Waals surface area contributed by atoms with E-state index >= 15 is 0 Å². The summed E-state index contributed by atoms with van der Waals surface area (Å²) in [5.74, 6) is -0.0687. The highest BCUT2D eigenvalue weighted by molar-refractivity contribution is 8.13. The van der Waals surface area contributed by atoms with Gasteiger partial charge in [-0.25, -0.2) is 8.42 Å². The number of aryl methyl sites for hydroxylation is 1. The van der Waals surface area contributed by atoms with E-state index in [4.69, 9.17) is 10.7 Å². The van der Waals surface area contributed by atoms with Crippen LogP contribution in [0.4, 0.5) is 0 Å². The predicted molar refractivity (Wildman–Crippen MR) is 73.1 cm³/mol. The molecule has 1 aromatic carbocycles. The van der Waals surface area contributed by atoms with Gasteiger partial charge in [-0.3, -0.25) is 0 Å². The van der Waals surface area contributed by atoms with Crippen LogP contribution in [0.5, 0.6) is 0 Å². The van der Waals surface area contributed by atoms with Gasteiger partial charge < -0.3 is 0 Å². The fourth-order valence-electron chi connectivity index (χ4n) is 1.79. The molecule has 0 saturated carbocycles. The van der Waals surface area contributed by atoms with E-state index in [0.29, 0.717) is 0 Å². The molecule has 0 bridgehead atoms. The van der Waals surface area contributed by atoms with E-state index in [9.17, 15) is 8.42 Å². The summed E-state index contributed by atoms with van der Waals surface area (Å²) in [4.78, 5) is 0. The molecule has 1 atom stereocenters. The number of benzene rings is 1. The average molecular weight is 275 g/mol. The van der Waals surface area contributed by atoms with Crippen molar-refractivity contribution in [3.05, 3.63) is 35.4 Å². The second-order valence-electron chi connectivity index (χ2n) is 4.45. The molecule has 0 heterocycles. The summed E-state index contributed by atoms with van der Waals surface area (Å²) >= 11 is 0. The van der Waals surface area contributed by atoms with Crippen LogP contribution in [0.1, 0.15) is 43.7 Å². The van der Waals surface area contributed by atoms with Gasteiger partial charge >= 0.3 is 0 Å². The number of hydrogen-bond donors (Lipinski definition) is 0. The van der Waals surface area contributed by atoms with Crippen LogP contribution in [0.2, 0.25) is 0 Å². The number of unbranched alkanes of at least 4 members (excludes halogenated alkanes) is 1. The summed E-state index contributed by atoms with van der Waals surface area (Å²) in [5, 5.41) is 0. The van der Waals surface area contributed by atoms with Crippen molar-refractivity contribution >= 4 is 19.7 Å². The molecular formula is C13H19ClO2S. The second kappa shape index (κ2) is 6.41. The quantitative estimate of drug-likeness (QED) is 0.741. The maximum atomic E-state index is 11.0. The Morgan fingerprint density at radius 3 is 2.29 bits per heavy atom. The highest BCUT2D eigenvalue weighted by Crippen LogP contribution is 2.20. The van der Waals surface area contributed by atoms with E-state index in [-0.39, 0.29) is 11.7 Å². The van der Waals surface area contributed by atoms with Crippen LogP contribution in [0, 0.1) is 0 Å². The first-order valence-electron chi connectivity index (χ1n) is 5.93. The molecule has 0 saturated heterocycles. The zero-order chi connectivity index (χ0) is 12.9. The molecule has 2 nitrogen and oxygen atoms in total. The molecule has 0 aliphatic rings. The monoisotopic (exact) mass is 274 g/mol. The first-order valence-corrected chi connectivity index (χ1v) is 8.41. The Morgan fingerprint density at radius 2 is 1.82 bits per heavy atom. The molecule has 0 fully saturated rings. The fourth-order valence-corrected chi connectivity index (χ4v) is 3.15. The van der Waals surface area contributed by atoms with Gasteiger partial charge in [0.1, 0.15) is 0 Å². The maximum absolute atomic E-state index is 11.0. The van der Waals surface area contributed by atoms with E-state index in [0.717, 1.165) is 12.0 Å². The van der Waals surface area contributed by atoms with Gasteiger partial charge in [-0.05, 0) is 29.9 Å². The van der Waals surface area contributed by atoms with Gasteiger partial charge in [-0.2, -0.15) is 0 Å². The largest absolute Gasteiger partial charge is 0.233 e. The molecule has 96 valence electrons. The van der Waals surface area contributed by atoms with Crippen LogP contribution in [-0.4, -0.2) is 14.2 Å². The van der Waals surface area contributed by atoms with Crippen LogP contribution >= 0.6 is 10.7 Å². The van der Waals surface area contributed by atoms with Crippen molar-refractivity contribution in [1.82, 2.24) is 0 Å². The van der Waals surface area contributed by atoms with Gasteiger partial charge in [-0.1, -0.05) is 44.5 Å². The van der Waals surface area contributed by atoms with Gasteiger partial charge in [0.25, 0.3) is 0 Å². The standard InChI is InChI=1S/C13H19ClO2S/c1-3-4-5-12-6-8-13(9-7-12)11(2)10-17(14,15)16/h6-9,11H,3-5,10H2,1-2H3. The van der Waals surface area contributed by atoms with Crippen LogP contribution < -0.4 is 0 Å². The average Bonchev–Trinajstić information content (AvgIpc) is 2.24. The van der Waals surface area contributed by atoms with Gasteiger partial charge in [-0.15, -0.1) is 0 Å². The molecule has 4 heteroatoms. The van der Waals surface area contributed by atoms with Crippen molar-refractivity contribution in [2.24, 2.45) is 0 Å². The fraction of sp³-hybridized carbons (Fsp3) is 0.538. The lowest BCUT2D eigenvalue weighted by Gasteiger charge is -2.10. The lowest BCUT2D eigenvalue weighted by molar-refractivity contribution is 0.604. The smallest absolute Gasteiger partial charge is 0.212 e. The molecule has 1 rings (SSSR count). The van der Waals surface area contributed by atoms with Crippen molar-refractivity contribution < 1.29 is 8.42 Å². The van der Waals surface area contributed by atoms with Gasteiger partial charge in [0, 0.05) is 10.7 Å². The maximum Gasteiger partial charge on any atom is 0.233 e. The van der Waals surface area contributed by atoms with E-state index in [2.05, 4.69) is 19.1 Å². The van der Waals surface area contributed by atoms with Crippen molar-refractivity contribution in [3.8, 4) is 0 Å². The first-order chi connectivity index (χ1) is 7.92. The third-order valence-electron chi connectivity index (χ3n) is 2.82. The van der Waals surface area contributed by atoms with Crippen molar-refractivity contribution in [1.29, 1.82) is 0 Å². The Labute approximate surface area is 108 Å². The topological polar surface area (TPSA) is 34.1 Å². The number of halogens is 1. The summed E-state index contributed by atoms with van der Waals surface area (Å²) < 4.78 is 22.0. The summed E-state index contributed by atoms with van der Waals surface area (Å²) in [6.45, 7) is 4.04. The van der Waals surface area contributed by atoms with Crippen molar-refractivity contribution in [2.75, 3.05) is 5.75 Å². The van der Waals surface area contributed by atoms with Crippen LogP contribution in [0.3, 0.4) is 0 Å². The lowest BCUT2D eigenvalue weighted by Crippen LogP contribution is -2.06. The predicted octanol–water partition coefficient (Wildman–Crippen LogP) is 3.70. The van der Waals surface area contributed by atoms with E-state index < -0.39 is 9.05 Å². The second-order valence-corrected chi connectivity index (χ2v) is 7.27. The van der Waals surface area contributed by atoms with Crippen molar-refractivity contribution in [3.63, 3.8) is 0 Å². The van der Waals surface area contributed by atoms with E-state index in [1.807, 2.05) is 19.1 Å². The molecule has 1 aromatic rings. The minimum atomic E-state index is -3.42. The molecule has 0 spiro atoms. The van der Waals surface area contributed by atoms with Gasteiger partial charge in [0.15, 0.2) is 0 Å². The Hall–Kier alpha value is -0.540. The highest BCUT2D eigenvalue weighted by Gasteiger charge is 2.14. The van der Waals surface area contributed by atoms with E-state index in [1.54, 1.807) is 0 Å². The molecule has 0 amide bonds. The molecular weight excluding hydrogens is 256 g/mol. The zero-order valence-electron chi connectivity index (χ0n) is 10.3. The Morgan fingerprint density at radius 1 is 1.24 bits per heavy atom. The lowest BCUT2D eigenvalue weighted by atomic mass is 10.00. The molecule has 1 unspecified atom stereocenters. The third kappa shape index (κ3) is 5.55.